The molecule has 0 unspecified atom stereocenters. The van der Waals surface area contributed by atoms with Crippen LogP contribution in [0.15, 0.2) is 24.4 Å². The molecule has 1 N–H and O–H groups in total. The summed E-state index contributed by atoms with van der Waals surface area (Å²) in [5.74, 6) is -0.213. The number of pyridine rings is 1. The number of piperidine rings is 1. The molecule has 1 aromatic heterocycles. The number of urea groups is 1. The van der Waals surface area contributed by atoms with Crippen molar-refractivity contribution in [1.82, 2.24) is 15.2 Å². The fraction of sp³-hybridized carbons (Fsp3) is 0.562. The average Bonchev–Trinajstić information content (AvgIpc) is 2.56. The van der Waals surface area contributed by atoms with Crippen LogP contribution in [0.3, 0.4) is 0 Å². The number of amides is 2. The van der Waals surface area contributed by atoms with Gasteiger partial charge in [-0.2, -0.15) is 0 Å². The molecule has 6 heteroatoms. The van der Waals surface area contributed by atoms with Crippen molar-refractivity contribution in [3.05, 3.63) is 30.1 Å². The summed E-state index contributed by atoms with van der Waals surface area (Å²) < 4.78 is 5.03. The Bertz CT molecular complexity index is 485. The molecule has 120 valence electrons. The highest BCUT2D eigenvalue weighted by molar-refractivity contribution is 5.76. The summed E-state index contributed by atoms with van der Waals surface area (Å²) in [6.45, 7) is 3.97. The molecule has 0 bridgehead atoms. The normalized spacial score (nSPS) is 15.4. The molecule has 0 radical (unpaired) electrons. The summed E-state index contributed by atoms with van der Waals surface area (Å²) in [5.41, 5.74) is 0.962. The van der Waals surface area contributed by atoms with E-state index in [2.05, 4.69) is 10.3 Å². The van der Waals surface area contributed by atoms with Crippen LogP contribution in [0.5, 0.6) is 0 Å². The second kappa shape index (κ2) is 8.36. The van der Waals surface area contributed by atoms with Gasteiger partial charge in [0, 0.05) is 37.9 Å². The fourth-order valence-corrected chi connectivity index (χ4v) is 2.53. The first-order chi connectivity index (χ1) is 10.7. The van der Waals surface area contributed by atoms with Gasteiger partial charge in [-0.15, -0.1) is 0 Å². The maximum absolute atomic E-state index is 12.1. The van der Waals surface area contributed by atoms with Gasteiger partial charge in [0.2, 0.25) is 0 Å². The lowest BCUT2D eigenvalue weighted by Gasteiger charge is -2.30. The number of hydrogen-bond donors (Lipinski definition) is 1. The number of carbonyl (C=O) groups is 2. The van der Waals surface area contributed by atoms with Crippen LogP contribution in [0.2, 0.25) is 0 Å². The number of nitrogens with one attached hydrogen (secondary N) is 1. The molecule has 2 amide bonds. The Hall–Kier alpha value is -2.11. The van der Waals surface area contributed by atoms with Crippen LogP contribution < -0.4 is 5.32 Å². The topological polar surface area (TPSA) is 71.5 Å². The van der Waals surface area contributed by atoms with E-state index in [-0.39, 0.29) is 17.9 Å². The SMILES string of the molecule is CCOC(=O)C1CCN(C(=O)NCCc2ccccn2)CC1. The Labute approximate surface area is 130 Å². The monoisotopic (exact) mass is 305 g/mol. The molecule has 2 rings (SSSR count). The van der Waals surface area contributed by atoms with Crippen molar-refractivity contribution in [1.29, 1.82) is 0 Å². The molecular weight excluding hydrogens is 282 g/mol. The highest BCUT2D eigenvalue weighted by atomic mass is 16.5. The number of nitrogens with zero attached hydrogens (tertiary/aromatic N) is 2. The number of hydrogen-bond acceptors (Lipinski definition) is 4. The molecule has 1 saturated heterocycles. The van der Waals surface area contributed by atoms with E-state index in [1.165, 1.54) is 0 Å². The van der Waals surface area contributed by atoms with Gasteiger partial charge in [-0.05, 0) is 31.9 Å². The average molecular weight is 305 g/mol. The van der Waals surface area contributed by atoms with Crippen LogP contribution in [0, 0.1) is 5.92 Å². The van der Waals surface area contributed by atoms with Gasteiger partial charge in [0.15, 0.2) is 0 Å². The summed E-state index contributed by atoms with van der Waals surface area (Å²) in [6.07, 6.45) is 3.81. The zero-order valence-corrected chi connectivity index (χ0v) is 13.0. The molecule has 2 heterocycles. The number of likely N-dealkylation sites (tertiary alicyclic amines) is 1. The van der Waals surface area contributed by atoms with Gasteiger partial charge in [-0.3, -0.25) is 9.78 Å². The minimum absolute atomic E-state index is 0.0711. The van der Waals surface area contributed by atoms with Crippen molar-refractivity contribution in [3.8, 4) is 0 Å². The first-order valence-corrected chi connectivity index (χ1v) is 7.80. The Morgan fingerprint density at radius 2 is 2.14 bits per heavy atom. The van der Waals surface area contributed by atoms with Crippen molar-refractivity contribution in [2.24, 2.45) is 5.92 Å². The molecule has 1 aliphatic heterocycles. The predicted molar refractivity (Wildman–Crippen MR) is 82.3 cm³/mol. The summed E-state index contributed by atoms with van der Waals surface area (Å²) >= 11 is 0. The van der Waals surface area contributed by atoms with Crippen LogP contribution in [0.4, 0.5) is 4.79 Å². The van der Waals surface area contributed by atoms with Crippen LogP contribution in [0.1, 0.15) is 25.5 Å². The standard InChI is InChI=1S/C16H23N3O3/c1-2-22-15(20)13-7-11-19(12-8-13)16(21)18-10-6-14-5-3-4-9-17-14/h3-5,9,13H,2,6-8,10-12H2,1H3,(H,18,21). The van der Waals surface area contributed by atoms with Crippen molar-refractivity contribution < 1.29 is 14.3 Å². The number of ether oxygens (including phenoxy) is 1. The Morgan fingerprint density at radius 3 is 2.77 bits per heavy atom. The molecule has 0 atom stereocenters. The smallest absolute Gasteiger partial charge is 0.317 e. The van der Waals surface area contributed by atoms with E-state index in [0.29, 0.717) is 45.5 Å². The largest absolute Gasteiger partial charge is 0.466 e. The molecule has 0 saturated carbocycles. The molecule has 1 aromatic rings. The highest BCUT2D eigenvalue weighted by Gasteiger charge is 2.27. The first kappa shape index (κ1) is 16.3. The number of carbonyl (C=O) groups excluding carboxylic acids is 2. The van der Waals surface area contributed by atoms with Gasteiger partial charge < -0.3 is 15.0 Å². The zero-order valence-electron chi connectivity index (χ0n) is 13.0. The second-order valence-corrected chi connectivity index (χ2v) is 5.32. The Balaban J connectivity index is 1.68. The molecule has 22 heavy (non-hydrogen) atoms. The van der Waals surface area contributed by atoms with Crippen molar-refractivity contribution in [3.63, 3.8) is 0 Å². The molecule has 6 nitrogen and oxygen atoms in total. The lowest BCUT2D eigenvalue weighted by Crippen LogP contribution is -2.46. The summed E-state index contributed by atoms with van der Waals surface area (Å²) in [4.78, 5) is 29.7. The van der Waals surface area contributed by atoms with E-state index >= 15 is 0 Å². The quantitative estimate of drug-likeness (QED) is 0.839. The van der Waals surface area contributed by atoms with Crippen LogP contribution >= 0.6 is 0 Å². The van der Waals surface area contributed by atoms with E-state index < -0.39 is 0 Å². The van der Waals surface area contributed by atoms with Crippen LogP contribution in [-0.4, -0.2) is 48.1 Å². The lowest BCUT2D eigenvalue weighted by atomic mass is 9.97. The van der Waals surface area contributed by atoms with Gasteiger partial charge in [-0.25, -0.2) is 4.79 Å². The predicted octanol–water partition coefficient (Wildman–Crippen LogP) is 1.61. The van der Waals surface area contributed by atoms with Gasteiger partial charge in [-0.1, -0.05) is 6.07 Å². The van der Waals surface area contributed by atoms with Crippen LogP contribution in [-0.2, 0) is 16.0 Å². The van der Waals surface area contributed by atoms with Gasteiger partial charge in [0.1, 0.15) is 0 Å². The lowest BCUT2D eigenvalue weighted by molar-refractivity contribution is -0.149. The number of aromatic nitrogens is 1. The maximum atomic E-state index is 12.1. The third-order valence-electron chi connectivity index (χ3n) is 3.79. The van der Waals surface area contributed by atoms with Crippen molar-refractivity contribution in [2.75, 3.05) is 26.2 Å². The van der Waals surface area contributed by atoms with E-state index in [0.717, 1.165) is 5.69 Å². The molecule has 0 aromatic carbocycles. The summed E-state index contributed by atoms with van der Waals surface area (Å²) in [6, 6.07) is 5.68. The van der Waals surface area contributed by atoms with Crippen molar-refractivity contribution >= 4 is 12.0 Å². The minimum Gasteiger partial charge on any atom is -0.466 e. The van der Waals surface area contributed by atoms with Gasteiger partial charge in [0.05, 0.1) is 12.5 Å². The second-order valence-electron chi connectivity index (χ2n) is 5.32. The third kappa shape index (κ3) is 4.72. The minimum atomic E-state index is -0.141. The molecule has 1 fully saturated rings. The Morgan fingerprint density at radius 1 is 1.36 bits per heavy atom. The van der Waals surface area contributed by atoms with E-state index in [1.54, 1.807) is 11.1 Å². The molecule has 0 spiro atoms. The van der Waals surface area contributed by atoms with Crippen molar-refractivity contribution in [2.45, 2.75) is 26.2 Å². The van der Waals surface area contributed by atoms with E-state index in [4.69, 9.17) is 4.74 Å². The molecule has 1 aliphatic rings. The highest BCUT2D eigenvalue weighted by Crippen LogP contribution is 2.18. The van der Waals surface area contributed by atoms with Gasteiger partial charge >= 0.3 is 12.0 Å². The van der Waals surface area contributed by atoms with E-state index in [9.17, 15) is 9.59 Å². The number of rotatable bonds is 5. The maximum Gasteiger partial charge on any atom is 0.317 e. The Kier molecular flexibility index (Phi) is 6.18. The third-order valence-corrected chi connectivity index (χ3v) is 3.79. The van der Waals surface area contributed by atoms with Crippen LogP contribution in [0.25, 0.3) is 0 Å². The van der Waals surface area contributed by atoms with E-state index in [1.807, 2.05) is 25.1 Å². The first-order valence-electron chi connectivity index (χ1n) is 7.80. The summed E-state index contributed by atoms with van der Waals surface area (Å²) in [7, 11) is 0. The molecule has 0 aliphatic carbocycles. The fourth-order valence-electron chi connectivity index (χ4n) is 2.53. The summed E-state index contributed by atoms with van der Waals surface area (Å²) in [5, 5.41) is 2.90. The zero-order chi connectivity index (χ0) is 15.8. The molecular formula is C16H23N3O3. The number of esters is 1. The van der Waals surface area contributed by atoms with Gasteiger partial charge in [0.25, 0.3) is 0 Å².